The molecular weight excluding hydrogens is 194 g/mol. The number of primary amides is 1. The fourth-order valence-electron chi connectivity index (χ4n) is 1.98. The van der Waals surface area contributed by atoms with Gasteiger partial charge in [0.15, 0.2) is 0 Å². The minimum atomic E-state index is -0.487. The standard InChI is InChI=1S/C10H9N3O2/c11-10(14)6-3-7-8(13-4-12-7)5-1-2-15-9(5)6/h1-3,8,13H,4H2,(H2,11,14). The first-order valence-electron chi connectivity index (χ1n) is 4.64. The van der Waals surface area contributed by atoms with E-state index in [1.807, 2.05) is 6.07 Å². The van der Waals surface area contributed by atoms with E-state index in [9.17, 15) is 4.79 Å². The average molecular weight is 203 g/mol. The van der Waals surface area contributed by atoms with Crippen LogP contribution in [0, 0.1) is 0 Å². The third-order valence-electron chi connectivity index (χ3n) is 2.66. The maximum absolute atomic E-state index is 11.2. The summed E-state index contributed by atoms with van der Waals surface area (Å²) >= 11 is 0. The van der Waals surface area contributed by atoms with Gasteiger partial charge in [-0.2, -0.15) is 0 Å². The van der Waals surface area contributed by atoms with Gasteiger partial charge >= 0.3 is 0 Å². The number of nitrogens with zero attached hydrogens (tertiary/aromatic N) is 1. The molecule has 1 aliphatic heterocycles. The van der Waals surface area contributed by atoms with Crippen molar-refractivity contribution in [1.29, 1.82) is 0 Å². The highest BCUT2D eigenvalue weighted by Crippen LogP contribution is 2.33. The normalized spacial score (nSPS) is 22.8. The summed E-state index contributed by atoms with van der Waals surface area (Å²) in [7, 11) is 0. The van der Waals surface area contributed by atoms with E-state index in [0.29, 0.717) is 18.0 Å². The summed E-state index contributed by atoms with van der Waals surface area (Å²) in [6.45, 7) is 0.563. The second kappa shape index (κ2) is 2.80. The Morgan fingerprint density at radius 3 is 3.33 bits per heavy atom. The fourth-order valence-corrected chi connectivity index (χ4v) is 1.98. The van der Waals surface area contributed by atoms with Crippen molar-refractivity contribution in [2.24, 2.45) is 10.7 Å². The van der Waals surface area contributed by atoms with E-state index in [1.54, 1.807) is 12.3 Å². The van der Waals surface area contributed by atoms with Gasteiger partial charge in [0.05, 0.1) is 30.3 Å². The molecule has 3 rings (SSSR count). The Hall–Kier alpha value is -1.88. The lowest BCUT2D eigenvalue weighted by atomic mass is 9.92. The van der Waals surface area contributed by atoms with Crippen LogP contribution in [0.4, 0.5) is 0 Å². The summed E-state index contributed by atoms with van der Waals surface area (Å²) in [6, 6.07) is 1.88. The zero-order valence-electron chi connectivity index (χ0n) is 7.86. The van der Waals surface area contributed by atoms with Gasteiger partial charge in [-0.3, -0.25) is 15.1 Å². The van der Waals surface area contributed by atoms with Crippen LogP contribution >= 0.6 is 0 Å². The van der Waals surface area contributed by atoms with E-state index in [4.69, 9.17) is 10.2 Å². The van der Waals surface area contributed by atoms with Crippen molar-refractivity contribution in [3.63, 3.8) is 0 Å². The summed E-state index contributed by atoms with van der Waals surface area (Å²) in [5.41, 5.74) is 7.46. The first kappa shape index (κ1) is 8.43. The summed E-state index contributed by atoms with van der Waals surface area (Å²) in [6.07, 6.45) is 3.25. The lowest BCUT2D eigenvalue weighted by molar-refractivity contribution is -0.112. The number of fused-ring (bicyclic) bond motifs is 3. The Morgan fingerprint density at radius 1 is 1.67 bits per heavy atom. The van der Waals surface area contributed by atoms with Gasteiger partial charge in [0, 0.05) is 5.56 Å². The molecule has 1 aliphatic carbocycles. The van der Waals surface area contributed by atoms with Gasteiger partial charge in [-0.15, -0.1) is 0 Å². The predicted octanol–water partition coefficient (Wildman–Crippen LogP) is 0.205. The molecule has 0 fully saturated rings. The van der Waals surface area contributed by atoms with Gasteiger partial charge in [-0.1, -0.05) is 0 Å². The van der Waals surface area contributed by atoms with Gasteiger partial charge in [0.2, 0.25) is 0 Å². The molecule has 0 saturated heterocycles. The molecule has 1 atom stereocenters. The van der Waals surface area contributed by atoms with Crippen molar-refractivity contribution < 1.29 is 9.21 Å². The van der Waals surface area contributed by atoms with E-state index >= 15 is 0 Å². The van der Waals surface area contributed by atoms with Crippen LogP contribution in [0.3, 0.4) is 0 Å². The number of rotatable bonds is 1. The van der Waals surface area contributed by atoms with E-state index in [-0.39, 0.29) is 6.04 Å². The number of furan rings is 1. The van der Waals surface area contributed by atoms with Crippen molar-refractivity contribution in [1.82, 2.24) is 5.32 Å². The zero-order valence-corrected chi connectivity index (χ0v) is 7.86. The molecule has 76 valence electrons. The molecule has 0 radical (unpaired) electrons. The predicted molar refractivity (Wildman–Crippen MR) is 54.1 cm³/mol. The van der Waals surface area contributed by atoms with Crippen LogP contribution in [0.1, 0.15) is 17.4 Å². The summed E-state index contributed by atoms with van der Waals surface area (Å²) in [5, 5.41) is 3.20. The summed E-state index contributed by atoms with van der Waals surface area (Å²) in [5.74, 6) is 0.0695. The van der Waals surface area contributed by atoms with Crippen molar-refractivity contribution in [3.8, 4) is 0 Å². The van der Waals surface area contributed by atoms with E-state index in [0.717, 1.165) is 11.3 Å². The fraction of sp³-hybridized carbons (Fsp3) is 0.200. The topological polar surface area (TPSA) is 80.6 Å². The Morgan fingerprint density at radius 2 is 2.53 bits per heavy atom. The molecule has 2 heterocycles. The second-order valence-electron chi connectivity index (χ2n) is 3.51. The van der Waals surface area contributed by atoms with Gasteiger partial charge < -0.3 is 10.2 Å². The molecule has 0 saturated carbocycles. The number of amides is 1. The molecule has 15 heavy (non-hydrogen) atoms. The quantitative estimate of drug-likeness (QED) is 0.684. The number of hydrogen-bond acceptors (Lipinski definition) is 4. The number of aliphatic imine (C=N–C) groups is 1. The van der Waals surface area contributed by atoms with Crippen molar-refractivity contribution >= 4 is 17.2 Å². The van der Waals surface area contributed by atoms with Crippen LogP contribution in [-0.2, 0) is 4.79 Å². The number of nitrogens with two attached hydrogens (primary N) is 1. The lowest BCUT2D eigenvalue weighted by Crippen LogP contribution is -2.26. The highest BCUT2D eigenvalue weighted by molar-refractivity contribution is 6.26. The Balaban J connectivity index is 2.22. The van der Waals surface area contributed by atoms with E-state index in [1.165, 1.54) is 0 Å². The average Bonchev–Trinajstić information content (AvgIpc) is 2.83. The smallest absolute Gasteiger partial charge is 0.252 e. The third-order valence-corrected chi connectivity index (χ3v) is 2.66. The van der Waals surface area contributed by atoms with Crippen LogP contribution in [0.2, 0.25) is 0 Å². The molecule has 1 aromatic heterocycles. The van der Waals surface area contributed by atoms with Crippen molar-refractivity contribution in [2.45, 2.75) is 6.04 Å². The maximum Gasteiger partial charge on any atom is 0.252 e. The van der Waals surface area contributed by atoms with Crippen LogP contribution in [0.15, 0.2) is 27.8 Å². The number of nitrogens with one attached hydrogen (secondary N) is 1. The van der Waals surface area contributed by atoms with Crippen LogP contribution in [-0.4, -0.2) is 18.3 Å². The highest BCUT2D eigenvalue weighted by Gasteiger charge is 2.32. The molecule has 0 spiro atoms. The third kappa shape index (κ3) is 1.07. The number of carbonyl (C=O) groups is 1. The number of hydrogen-bond donors (Lipinski definition) is 2. The molecule has 0 bridgehead atoms. The first-order valence-corrected chi connectivity index (χ1v) is 4.64. The minimum absolute atomic E-state index is 0.0434. The van der Waals surface area contributed by atoms with Gasteiger partial charge in [0.25, 0.3) is 5.91 Å². The zero-order chi connectivity index (χ0) is 10.4. The molecule has 1 aromatic rings. The molecular formula is C10H9N3O2. The van der Waals surface area contributed by atoms with Crippen LogP contribution < -0.4 is 11.1 Å². The van der Waals surface area contributed by atoms with Gasteiger partial charge in [-0.25, -0.2) is 0 Å². The molecule has 5 heteroatoms. The summed E-state index contributed by atoms with van der Waals surface area (Å²) in [4.78, 5) is 15.5. The molecule has 0 aromatic carbocycles. The largest absolute Gasteiger partial charge is 0.464 e. The van der Waals surface area contributed by atoms with Crippen molar-refractivity contribution in [3.05, 3.63) is 29.7 Å². The Bertz CT molecular complexity index is 499. The van der Waals surface area contributed by atoms with E-state index < -0.39 is 5.91 Å². The van der Waals surface area contributed by atoms with E-state index in [2.05, 4.69) is 10.3 Å². The van der Waals surface area contributed by atoms with Crippen LogP contribution in [0.25, 0.3) is 5.57 Å². The highest BCUT2D eigenvalue weighted by atomic mass is 16.3. The monoisotopic (exact) mass is 203 g/mol. The maximum atomic E-state index is 11.2. The second-order valence-corrected chi connectivity index (χ2v) is 3.51. The minimum Gasteiger partial charge on any atom is -0.464 e. The van der Waals surface area contributed by atoms with Crippen LogP contribution in [0.5, 0.6) is 0 Å². The molecule has 5 nitrogen and oxygen atoms in total. The Kier molecular flexibility index (Phi) is 1.58. The Labute approximate surface area is 85.7 Å². The summed E-state index contributed by atoms with van der Waals surface area (Å²) < 4.78 is 5.27. The van der Waals surface area contributed by atoms with Gasteiger partial charge in [-0.05, 0) is 12.1 Å². The molecule has 1 amide bonds. The van der Waals surface area contributed by atoms with Crippen molar-refractivity contribution in [2.75, 3.05) is 6.67 Å². The number of carbonyl (C=O) groups excluding carboxylic acids is 1. The molecule has 2 aliphatic rings. The molecule has 1 unspecified atom stereocenters. The SMILES string of the molecule is NC(=O)C1=CC2=NCNC2c2ccoc21. The molecule has 3 N–H and O–H groups in total. The van der Waals surface area contributed by atoms with Gasteiger partial charge in [0.1, 0.15) is 5.76 Å². The lowest BCUT2D eigenvalue weighted by Gasteiger charge is -2.17. The first-order chi connectivity index (χ1) is 7.27.